The Morgan fingerprint density at radius 1 is 1.44 bits per heavy atom. The normalized spacial score (nSPS) is 16.9. The summed E-state index contributed by atoms with van der Waals surface area (Å²) in [7, 11) is 1.64. The molecule has 1 aliphatic rings. The van der Waals surface area contributed by atoms with Crippen molar-refractivity contribution >= 4 is 11.8 Å². The van der Waals surface area contributed by atoms with Gasteiger partial charge in [-0.1, -0.05) is 11.8 Å². The molecule has 18 heavy (non-hydrogen) atoms. The van der Waals surface area contributed by atoms with E-state index in [1.807, 2.05) is 0 Å². The average molecular weight is 273 g/mol. The Morgan fingerprint density at radius 3 is 2.89 bits per heavy atom. The Bertz CT molecular complexity index is 507. The van der Waals surface area contributed by atoms with Gasteiger partial charge in [0.1, 0.15) is 0 Å². The van der Waals surface area contributed by atoms with Crippen molar-refractivity contribution in [2.75, 3.05) is 19.0 Å². The van der Waals surface area contributed by atoms with Crippen LogP contribution in [0.4, 0.5) is 0 Å². The van der Waals surface area contributed by atoms with Crippen LogP contribution in [0, 0.1) is 0 Å². The maximum absolute atomic E-state index is 11.1. The monoisotopic (exact) mass is 273 g/mol. The molecule has 0 saturated carbocycles. The second-order valence-corrected chi connectivity index (χ2v) is 4.92. The lowest BCUT2D eigenvalue weighted by molar-refractivity contribution is -0.178. The number of aromatic amines is 1. The van der Waals surface area contributed by atoms with Gasteiger partial charge < -0.3 is 9.47 Å². The molecule has 2 rings (SSSR count). The molecule has 7 nitrogen and oxygen atoms in total. The first-order valence-corrected chi connectivity index (χ1v) is 6.69. The quantitative estimate of drug-likeness (QED) is 0.599. The third kappa shape index (κ3) is 3.44. The summed E-state index contributed by atoms with van der Waals surface area (Å²) in [6.07, 6.45) is 1.48. The molecule has 0 aliphatic carbocycles. The highest BCUT2D eigenvalue weighted by molar-refractivity contribution is 7.99. The molecule has 0 bridgehead atoms. The van der Waals surface area contributed by atoms with Gasteiger partial charge in [0, 0.05) is 19.2 Å². The lowest BCUT2D eigenvalue weighted by Crippen LogP contribution is -2.34. The number of hydrogen-bond donors (Lipinski definition) is 1. The van der Waals surface area contributed by atoms with Gasteiger partial charge in [0.2, 0.25) is 0 Å². The molecule has 0 amide bonds. The molecule has 0 aromatic carbocycles. The van der Waals surface area contributed by atoms with E-state index >= 15 is 0 Å². The molecule has 0 unspecified atom stereocenters. The number of nitrogens with zero attached hydrogens (tertiary/aromatic N) is 2. The second-order valence-electron chi connectivity index (χ2n) is 3.86. The molecule has 0 radical (unpaired) electrons. The standard InChI is InChI=1S/C10H15N3O4S/c1-13-10(11-8(14)9(15)12-13)18-6-3-7-16-4-2-5-17-7/h7H,2-6H2,1H3,(H,12,15). The average Bonchev–Trinajstić information content (AvgIpc) is 2.37. The molecule has 0 atom stereocenters. The summed E-state index contributed by atoms with van der Waals surface area (Å²) in [4.78, 5) is 25.8. The van der Waals surface area contributed by atoms with Gasteiger partial charge in [-0.3, -0.25) is 19.4 Å². The first-order chi connectivity index (χ1) is 8.66. The summed E-state index contributed by atoms with van der Waals surface area (Å²) in [6, 6.07) is 0. The van der Waals surface area contributed by atoms with Gasteiger partial charge in [0.05, 0.1) is 13.2 Å². The third-order valence-corrected chi connectivity index (χ3v) is 3.49. The number of nitrogens with one attached hydrogen (secondary N) is 1. The van der Waals surface area contributed by atoms with Crippen LogP contribution in [0.5, 0.6) is 0 Å². The largest absolute Gasteiger partial charge is 0.353 e. The van der Waals surface area contributed by atoms with Crippen molar-refractivity contribution in [1.29, 1.82) is 0 Å². The minimum absolute atomic E-state index is 0.175. The minimum atomic E-state index is -0.763. The van der Waals surface area contributed by atoms with Gasteiger partial charge in [-0.2, -0.15) is 4.98 Å². The maximum Gasteiger partial charge on any atom is 0.339 e. The molecule has 1 saturated heterocycles. The van der Waals surface area contributed by atoms with Crippen LogP contribution in [0.25, 0.3) is 0 Å². The summed E-state index contributed by atoms with van der Waals surface area (Å²) in [5.74, 6) is 0.705. The molecule has 1 aromatic rings. The number of H-pyrrole nitrogens is 1. The van der Waals surface area contributed by atoms with Gasteiger partial charge in [-0.25, -0.2) is 0 Å². The van der Waals surface area contributed by atoms with Gasteiger partial charge >= 0.3 is 11.1 Å². The van der Waals surface area contributed by atoms with Crippen molar-refractivity contribution in [3.05, 3.63) is 20.7 Å². The van der Waals surface area contributed by atoms with Crippen molar-refractivity contribution in [1.82, 2.24) is 14.8 Å². The van der Waals surface area contributed by atoms with E-state index in [2.05, 4.69) is 10.1 Å². The molecule has 0 spiro atoms. The van der Waals surface area contributed by atoms with E-state index in [4.69, 9.17) is 9.47 Å². The fourth-order valence-electron chi connectivity index (χ4n) is 1.54. The van der Waals surface area contributed by atoms with Crippen LogP contribution >= 0.6 is 11.8 Å². The van der Waals surface area contributed by atoms with Gasteiger partial charge in [-0.05, 0) is 6.42 Å². The van der Waals surface area contributed by atoms with Crippen LogP contribution < -0.4 is 11.1 Å². The Labute approximate surface area is 107 Å². The highest BCUT2D eigenvalue weighted by Crippen LogP contribution is 2.16. The van der Waals surface area contributed by atoms with Gasteiger partial charge in [0.15, 0.2) is 11.4 Å². The summed E-state index contributed by atoms with van der Waals surface area (Å²) in [5.41, 5.74) is -1.47. The van der Waals surface area contributed by atoms with Crippen LogP contribution in [0.3, 0.4) is 0 Å². The van der Waals surface area contributed by atoms with Gasteiger partial charge in [0.25, 0.3) is 0 Å². The number of ether oxygens (including phenoxy) is 2. The zero-order valence-electron chi connectivity index (χ0n) is 10.0. The van der Waals surface area contributed by atoms with E-state index in [0.717, 1.165) is 26.1 Å². The van der Waals surface area contributed by atoms with Crippen molar-refractivity contribution < 1.29 is 9.47 Å². The topological polar surface area (TPSA) is 86.2 Å². The highest BCUT2D eigenvalue weighted by atomic mass is 32.2. The van der Waals surface area contributed by atoms with Crippen LogP contribution in [0.2, 0.25) is 0 Å². The lowest BCUT2D eigenvalue weighted by Gasteiger charge is -2.22. The molecule has 100 valence electrons. The molecular formula is C10H15N3O4S. The second kappa shape index (κ2) is 6.17. The van der Waals surface area contributed by atoms with Crippen LogP contribution in [-0.2, 0) is 16.5 Å². The lowest BCUT2D eigenvalue weighted by atomic mass is 10.4. The highest BCUT2D eigenvalue weighted by Gasteiger charge is 2.14. The summed E-state index contributed by atoms with van der Waals surface area (Å²) >= 11 is 1.39. The van der Waals surface area contributed by atoms with Crippen LogP contribution in [0.1, 0.15) is 12.8 Å². The van der Waals surface area contributed by atoms with E-state index in [1.165, 1.54) is 16.4 Å². The third-order valence-electron chi connectivity index (χ3n) is 2.43. The summed E-state index contributed by atoms with van der Waals surface area (Å²) < 4.78 is 12.3. The molecule has 1 N–H and O–H groups in total. The Kier molecular flexibility index (Phi) is 4.56. The van der Waals surface area contributed by atoms with E-state index < -0.39 is 11.1 Å². The Balaban J connectivity index is 1.88. The van der Waals surface area contributed by atoms with E-state index in [9.17, 15) is 9.59 Å². The van der Waals surface area contributed by atoms with E-state index in [1.54, 1.807) is 7.05 Å². The number of rotatable bonds is 4. The fraction of sp³-hybridized carbons (Fsp3) is 0.700. The molecule has 1 fully saturated rings. The fourth-order valence-corrected chi connectivity index (χ4v) is 2.42. The molecule has 8 heteroatoms. The number of aryl methyl sites for hydroxylation is 1. The summed E-state index contributed by atoms with van der Waals surface area (Å²) in [6.45, 7) is 1.45. The molecule has 1 aromatic heterocycles. The molecular weight excluding hydrogens is 258 g/mol. The zero-order chi connectivity index (χ0) is 13.0. The zero-order valence-corrected chi connectivity index (χ0v) is 10.9. The number of thioether (sulfide) groups is 1. The van der Waals surface area contributed by atoms with E-state index in [0.29, 0.717) is 10.9 Å². The van der Waals surface area contributed by atoms with Crippen molar-refractivity contribution in [3.8, 4) is 0 Å². The smallest absolute Gasteiger partial charge is 0.339 e. The van der Waals surface area contributed by atoms with Crippen LogP contribution in [0.15, 0.2) is 14.7 Å². The SMILES string of the molecule is Cn1[nH]c(=O)c(=O)nc1SCCC1OCCCO1. The van der Waals surface area contributed by atoms with Crippen molar-refractivity contribution in [3.63, 3.8) is 0 Å². The number of hydrogen-bond acceptors (Lipinski definition) is 6. The molecule has 1 aliphatic heterocycles. The predicted octanol–water partition coefficient (Wildman–Crippen LogP) is -0.286. The van der Waals surface area contributed by atoms with E-state index in [-0.39, 0.29) is 6.29 Å². The maximum atomic E-state index is 11.1. The Morgan fingerprint density at radius 2 is 2.17 bits per heavy atom. The minimum Gasteiger partial charge on any atom is -0.353 e. The van der Waals surface area contributed by atoms with Crippen molar-refractivity contribution in [2.24, 2.45) is 7.05 Å². The van der Waals surface area contributed by atoms with Crippen molar-refractivity contribution in [2.45, 2.75) is 24.3 Å². The number of aromatic nitrogens is 3. The first kappa shape index (κ1) is 13.3. The van der Waals surface area contributed by atoms with Crippen LogP contribution in [-0.4, -0.2) is 40.0 Å². The first-order valence-electron chi connectivity index (χ1n) is 5.70. The summed E-state index contributed by atoms with van der Waals surface area (Å²) in [5, 5.41) is 2.88. The molecule has 2 heterocycles. The predicted molar refractivity (Wildman–Crippen MR) is 65.7 cm³/mol. The Hall–Kier alpha value is -1.12. The van der Waals surface area contributed by atoms with Gasteiger partial charge in [-0.15, -0.1) is 0 Å².